The Balaban J connectivity index is 2.50. The van der Waals surface area contributed by atoms with Crippen molar-refractivity contribution in [1.82, 2.24) is 9.78 Å². The van der Waals surface area contributed by atoms with Gasteiger partial charge in [0.2, 0.25) is 0 Å². The molecule has 1 aromatic heterocycles. The predicted octanol–water partition coefficient (Wildman–Crippen LogP) is -0.0321. The molecule has 0 bridgehead atoms. The quantitative estimate of drug-likeness (QED) is 0.661. The van der Waals surface area contributed by atoms with Gasteiger partial charge in [-0.25, -0.2) is 4.79 Å². The van der Waals surface area contributed by atoms with Crippen molar-refractivity contribution in [2.45, 2.75) is 25.4 Å². The number of aliphatic hydroxyl groups is 1. The maximum absolute atomic E-state index is 10.8. The Morgan fingerprint density at radius 2 is 2.36 bits per heavy atom. The fraction of sp³-hybridized carbons (Fsp3) is 0.556. The standard InChI is InChI=1S/C9H12N2O3/c1-11-7-3-2-5(12)4-6(7)8(10-11)9(13)14/h5,12H,2-4H2,1H3,(H,13,14). The molecule has 1 atom stereocenters. The number of carboxylic acid groups (broad SMARTS) is 1. The van der Waals surface area contributed by atoms with E-state index in [1.165, 1.54) is 0 Å². The van der Waals surface area contributed by atoms with Gasteiger partial charge in [-0.3, -0.25) is 4.68 Å². The number of aromatic nitrogens is 2. The lowest BCUT2D eigenvalue weighted by molar-refractivity contribution is 0.0687. The first kappa shape index (κ1) is 9.21. The topological polar surface area (TPSA) is 75.4 Å². The van der Waals surface area contributed by atoms with Crippen LogP contribution in [-0.4, -0.2) is 32.1 Å². The molecule has 1 unspecified atom stereocenters. The SMILES string of the molecule is Cn1nc(C(=O)O)c2c1CCC(O)C2. The van der Waals surface area contributed by atoms with Gasteiger partial charge >= 0.3 is 5.97 Å². The first-order valence-corrected chi connectivity index (χ1v) is 4.55. The number of hydrogen-bond acceptors (Lipinski definition) is 3. The smallest absolute Gasteiger partial charge is 0.356 e. The number of carbonyl (C=O) groups is 1. The maximum atomic E-state index is 10.8. The fourth-order valence-electron chi connectivity index (χ4n) is 1.94. The second-order valence-electron chi connectivity index (χ2n) is 3.60. The maximum Gasteiger partial charge on any atom is 0.356 e. The van der Waals surface area contributed by atoms with Crippen LogP contribution < -0.4 is 0 Å². The third-order valence-corrected chi connectivity index (χ3v) is 2.63. The largest absolute Gasteiger partial charge is 0.476 e. The highest BCUT2D eigenvalue weighted by molar-refractivity contribution is 5.87. The Hall–Kier alpha value is -1.36. The van der Waals surface area contributed by atoms with Gasteiger partial charge in [-0.2, -0.15) is 5.10 Å². The number of aromatic carboxylic acids is 1. The van der Waals surface area contributed by atoms with Gasteiger partial charge in [-0.1, -0.05) is 0 Å². The minimum Gasteiger partial charge on any atom is -0.476 e. The van der Waals surface area contributed by atoms with Crippen molar-refractivity contribution in [3.63, 3.8) is 0 Å². The number of aryl methyl sites for hydroxylation is 1. The summed E-state index contributed by atoms with van der Waals surface area (Å²) in [4.78, 5) is 10.8. The van der Waals surface area contributed by atoms with Gasteiger partial charge in [-0.05, 0) is 12.8 Å². The molecule has 2 N–H and O–H groups in total. The minimum atomic E-state index is -1.02. The second kappa shape index (κ2) is 3.09. The Morgan fingerprint density at radius 1 is 1.64 bits per heavy atom. The van der Waals surface area contributed by atoms with Crippen LogP contribution in [0.5, 0.6) is 0 Å². The van der Waals surface area contributed by atoms with Crippen LogP contribution in [0.25, 0.3) is 0 Å². The van der Waals surface area contributed by atoms with Gasteiger partial charge in [0.25, 0.3) is 0 Å². The van der Waals surface area contributed by atoms with Gasteiger partial charge in [0, 0.05) is 24.7 Å². The summed E-state index contributed by atoms with van der Waals surface area (Å²) in [5.74, 6) is -1.02. The molecule has 0 amide bonds. The van der Waals surface area contributed by atoms with E-state index in [9.17, 15) is 9.90 Å². The molecule has 1 aliphatic carbocycles. The van der Waals surface area contributed by atoms with Crippen molar-refractivity contribution in [3.05, 3.63) is 17.0 Å². The van der Waals surface area contributed by atoms with Crippen molar-refractivity contribution >= 4 is 5.97 Å². The first-order chi connectivity index (χ1) is 6.59. The molecule has 0 aliphatic heterocycles. The molecule has 76 valence electrons. The summed E-state index contributed by atoms with van der Waals surface area (Å²) in [5, 5.41) is 22.3. The Morgan fingerprint density at radius 3 is 3.00 bits per heavy atom. The molecular formula is C9H12N2O3. The highest BCUT2D eigenvalue weighted by Crippen LogP contribution is 2.24. The van der Waals surface area contributed by atoms with E-state index in [0.29, 0.717) is 24.8 Å². The van der Waals surface area contributed by atoms with E-state index < -0.39 is 12.1 Å². The molecule has 0 saturated carbocycles. The van der Waals surface area contributed by atoms with Crippen molar-refractivity contribution in [2.24, 2.45) is 7.05 Å². The second-order valence-corrected chi connectivity index (χ2v) is 3.60. The average Bonchev–Trinajstić information content (AvgIpc) is 2.43. The zero-order valence-corrected chi connectivity index (χ0v) is 7.90. The van der Waals surface area contributed by atoms with E-state index >= 15 is 0 Å². The van der Waals surface area contributed by atoms with E-state index in [2.05, 4.69) is 5.10 Å². The van der Waals surface area contributed by atoms with Gasteiger partial charge in [0.15, 0.2) is 5.69 Å². The van der Waals surface area contributed by atoms with E-state index in [1.807, 2.05) is 0 Å². The monoisotopic (exact) mass is 196 g/mol. The van der Waals surface area contributed by atoms with Crippen LogP contribution in [0.15, 0.2) is 0 Å². The normalized spacial score (nSPS) is 20.6. The molecule has 14 heavy (non-hydrogen) atoms. The molecule has 5 heteroatoms. The molecule has 1 aliphatic rings. The third-order valence-electron chi connectivity index (χ3n) is 2.63. The van der Waals surface area contributed by atoms with Gasteiger partial charge in [0.1, 0.15) is 0 Å². The number of rotatable bonds is 1. The van der Waals surface area contributed by atoms with Crippen molar-refractivity contribution in [1.29, 1.82) is 0 Å². The van der Waals surface area contributed by atoms with E-state index in [1.54, 1.807) is 11.7 Å². The molecule has 0 aromatic carbocycles. The van der Waals surface area contributed by atoms with Crippen molar-refractivity contribution in [3.8, 4) is 0 Å². The molecule has 2 rings (SSSR count). The van der Waals surface area contributed by atoms with E-state index in [4.69, 9.17) is 5.11 Å². The number of carboxylic acids is 1. The summed E-state index contributed by atoms with van der Waals surface area (Å²) in [6, 6.07) is 0. The molecule has 0 fully saturated rings. The van der Waals surface area contributed by atoms with Crippen LogP contribution in [-0.2, 0) is 19.9 Å². The van der Waals surface area contributed by atoms with Crippen molar-refractivity contribution in [2.75, 3.05) is 0 Å². The number of hydrogen-bond donors (Lipinski definition) is 2. The van der Waals surface area contributed by atoms with Gasteiger partial charge < -0.3 is 10.2 Å². The Kier molecular flexibility index (Phi) is 2.03. The number of fused-ring (bicyclic) bond motifs is 1. The molecule has 1 aromatic rings. The lowest BCUT2D eigenvalue weighted by Gasteiger charge is -2.17. The fourth-order valence-corrected chi connectivity index (χ4v) is 1.94. The molecule has 0 saturated heterocycles. The highest BCUT2D eigenvalue weighted by Gasteiger charge is 2.26. The lowest BCUT2D eigenvalue weighted by atomic mass is 9.93. The average molecular weight is 196 g/mol. The zero-order chi connectivity index (χ0) is 10.3. The van der Waals surface area contributed by atoms with Crippen LogP contribution in [0.4, 0.5) is 0 Å². The Labute approximate surface area is 81.0 Å². The summed E-state index contributed by atoms with van der Waals surface area (Å²) < 4.78 is 1.60. The lowest BCUT2D eigenvalue weighted by Crippen LogP contribution is -2.20. The number of aliphatic hydroxyl groups excluding tert-OH is 1. The molecular weight excluding hydrogens is 184 g/mol. The van der Waals surface area contributed by atoms with Crippen LogP contribution in [0.2, 0.25) is 0 Å². The van der Waals surface area contributed by atoms with Crippen LogP contribution >= 0.6 is 0 Å². The summed E-state index contributed by atoms with van der Waals surface area (Å²) in [6.45, 7) is 0. The highest BCUT2D eigenvalue weighted by atomic mass is 16.4. The van der Waals surface area contributed by atoms with Gasteiger partial charge in [-0.15, -0.1) is 0 Å². The first-order valence-electron chi connectivity index (χ1n) is 4.55. The van der Waals surface area contributed by atoms with Gasteiger partial charge in [0.05, 0.1) is 6.10 Å². The van der Waals surface area contributed by atoms with Crippen LogP contribution in [0.3, 0.4) is 0 Å². The molecule has 0 spiro atoms. The molecule has 5 nitrogen and oxygen atoms in total. The molecule has 0 radical (unpaired) electrons. The van der Waals surface area contributed by atoms with E-state index in [0.717, 1.165) is 5.69 Å². The third kappa shape index (κ3) is 1.29. The van der Waals surface area contributed by atoms with Crippen LogP contribution in [0.1, 0.15) is 28.2 Å². The summed E-state index contributed by atoms with van der Waals surface area (Å²) in [5.41, 5.74) is 1.72. The van der Waals surface area contributed by atoms with Crippen LogP contribution in [0, 0.1) is 0 Å². The number of nitrogens with zero attached hydrogens (tertiary/aromatic N) is 2. The summed E-state index contributed by atoms with van der Waals surface area (Å²) >= 11 is 0. The zero-order valence-electron chi connectivity index (χ0n) is 7.90. The van der Waals surface area contributed by atoms with E-state index in [-0.39, 0.29) is 5.69 Å². The summed E-state index contributed by atoms with van der Waals surface area (Å²) in [6.07, 6.45) is 1.37. The minimum absolute atomic E-state index is 0.0845. The Bertz CT molecular complexity index is 384. The molecule has 1 heterocycles. The summed E-state index contributed by atoms with van der Waals surface area (Å²) in [7, 11) is 1.74. The van der Waals surface area contributed by atoms with Crippen molar-refractivity contribution < 1.29 is 15.0 Å². The predicted molar refractivity (Wildman–Crippen MR) is 48.2 cm³/mol.